The zero-order valence-electron chi connectivity index (χ0n) is 10.9. The van der Waals surface area contributed by atoms with Crippen molar-refractivity contribution in [3.05, 3.63) is 18.0 Å². The topological polar surface area (TPSA) is 29.9 Å². The van der Waals surface area contributed by atoms with E-state index in [4.69, 9.17) is 0 Å². The van der Waals surface area contributed by atoms with Crippen LogP contribution < -0.4 is 5.32 Å². The highest BCUT2D eigenvalue weighted by atomic mass is 15.3. The van der Waals surface area contributed by atoms with Crippen molar-refractivity contribution in [2.24, 2.45) is 5.92 Å². The van der Waals surface area contributed by atoms with E-state index in [0.29, 0.717) is 5.92 Å². The lowest BCUT2D eigenvalue weighted by Gasteiger charge is -2.05. The molecule has 1 aromatic heterocycles. The van der Waals surface area contributed by atoms with Gasteiger partial charge in [0.2, 0.25) is 0 Å². The van der Waals surface area contributed by atoms with Crippen LogP contribution in [-0.2, 0) is 13.1 Å². The summed E-state index contributed by atoms with van der Waals surface area (Å²) < 4.78 is 2.06. The Labute approximate surface area is 99.2 Å². The second-order valence-electron chi connectivity index (χ2n) is 4.84. The summed E-state index contributed by atoms with van der Waals surface area (Å²) in [7, 11) is 0. The minimum Gasteiger partial charge on any atom is -0.312 e. The Kier molecular flexibility index (Phi) is 6.16. The summed E-state index contributed by atoms with van der Waals surface area (Å²) in [5.41, 5.74) is 1.29. The fourth-order valence-electron chi connectivity index (χ4n) is 1.65. The van der Waals surface area contributed by atoms with Crippen LogP contribution in [0.15, 0.2) is 12.4 Å². The molecule has 0 atom stereocenters. The molecule has 0 bridgehead atoms. The molecule has 92 valence electrons. The molecule has 0 aliphatic carbocycles. The molecule has 0 fully saturated rings. The van der Waals surface area contributed by atoms with E-state index in [2.05, 4.69) is 42.1 Å². The van der Waals surface area contributed by atoms with Gasteiger partial charge in [-0.25, -0.2) is 0 Å². The van der Waals surface area contributed by atoms with Gasteiger partial charge in [0, 0.05) is 24.8 Å². The molecular formula is C13H25N3. The number of rotatable bonds is 8. The molecule has 0 unspecified atom stereocenters. The molecule has 16 heavy (non-hydrogen) atoms. The standard InChI is InChI=1S/C13H25N3/c1-4-5-6-7-16-11-13(10-15-16)9-14-8-12(2)3/h10-12,14H,4-9H2,1-3H3. The van der Waals surface area contributed by atoms with Gasteiger partial charge < -0.3 is 5.32 Å². The van der Waals surface area contributed by atoms with E-state index in [0.717, 1.165) is 19.6 Å². The van der Waals surface area contributed by atoms with E-state index < -0.39 is 0 Å². The number of hydrogen-bond acceptors (Lipinski definition) is 2. The molecule has 1 N–H and O–H groups in total. The highest BCUT2D eigenvalue weighted by molar-refractivity contribution is 5.03. The normalized spacial score (nSPS) is 11.2. The Morgan fingerprint density at radius 1 is 1.38 bits per heavy atom. The number of aryl methyl sites for hydroxylation is 1. The number of nitrogens with zero attached hydrogens (tertiary/aromatic N) is 2. The summed E-state index contributed by atoms with van der Waals surface area (Å²) in [6.45, 7) is 9.73. The number of hydrogen-bond donors (Lipinski definition) is 1. The lowest BCUT2D eigenvalue weighted by Crippen LogP contribution is -2.18. The monoisotopic (exact) mass is 223 g/mol. The van der Waals surface area contributed by atoms with Crippen LogP contribution in [0.4, 0.5) is 0 Å². The lowest BCUT2D eigenvalue weighted by atomic mass is 10.2. The second-order valence-corrected chi connectivity index (χ2v) is 4.84. The summed E-state index contributed by atoms with van der Waals surface area (Å²) in [5, 5.41) is 7.79. The van der Waals surface area contributed by atoms with E-state index in [-0.39, 0.29) is 0 Å². The summed E-state index contributed by atoms with van der Waals surface area (Å²) >= 11 is 0. The minimum atomic E-state index is 0.708. The highest BCUT2D eigenvalue weighted by Crippen LogP contribution is 2.01. The maximum Gasteiger partial charge on any atom is 0.0534 e. The quantitative estimate of drug-likeness (QED) is 0.687. The third-order valence-corrected chi connectivity index (χ3v) is 2.56. The van der Waals surface area contributed by atoms with Crippen LogP contribution in [0.1, 0.15) is 45.6 Å². The van der Waals surface area contributed by atoms with Crippen LogP contribution >= 0.6 is 0 Å². The Morgan fingerprint density at radius 2 is 2.19 bits per heavy atom. The zero-order chi connectivity index (χ0) is 11.8. The second kappa shape index (κ2) is 7.44. The van der Waals surface area contributed by atoms with E-state index in [1.165, 1.54) is 24.8 Å². The van der Waals surface area contributed by atoms with Gasteiger partial charge in [-0.2, -0.15) is 5.10 Å². The van der Waals surface area contributed by atoms with Gasteiger partial charge in [0.15, 0.2) is 0 Å². The van der Waals surface area contributed by atoms with Crippen LogP contribution in [0.25, 0.3) is 0 Å². The Hall–Kier alpha value is -0.830. The predicted octanol–water partition coefficient (Wildman–Crippen LogP) is 2.82. The van der Waals surface area contributed by atoms with Crippen molar-refractivity contribution in [3.8, 4) is 0 Å². The average Bonchev–Trinajstić information content (AvgIpc) is 2.66. The van der Waals surface area contributed by atoms with Crippen molar-refractivity contribution in [1.82, 2.24) is 15.1 Å². The fourth-order valence-corrected chi connectivity index (χ4v) is 1.65. The van der Waals surface area contributed by atoms with Crippen LogP contribution in [0.3, 0.4) is 0 Å². The van der Waals surface area contributed by atoms with Gasteiger partial charge in [0.1, 0.15) is 0 Å². The maximum absolute atomic E-state index is 4.36. The molecule has 0 aromatic carbocycles. The molecule has 0 radical (unpaired) electrons. The first-order valence-corrected chi connectivity index (χ1v) is 6.44. The number of aromatic nitrogens is 2. The first-order valence-electron chi connectivity index (χ1n) is 6.44. The largest absolute Gasteiger partial charge is 0.312 e. The van der Waals surface area contributed by atoms with Crippen LogP contribution in [0.5, 0.6) is 0 Å². The van der Waals surface area contributed by atoms with Crippen molar-refractivity contribution < 1.29 is 0 Å². The third kappa shape index (κ3) is 5.31. The van der Waals surface area contributed by atoms with Crippen LogP contribution in [0, 0.1) is 5.92 Å². The molecule has 0 spiro atoms. The van der Waals surface area contributed by atoms with Crippen molar-refractivity contribution >= 4 is 0 Å². The summed E-state index contributed by atoms with van der Waals surface area (Å²) in [5.74, 6) is 0.708. The highest BCUT2D eigenvalue weighted by Gasteiger charge is 1.99. The van der Waals surface area contributed by atoms with Crippen molar-refractivity contribution in [2.75, 3.05) is 6.54 Å². The molecule has 3 nitrogen and oxygen atoms in total. The summed E-state index contributed by atoms with van der Waals surface area (Å²) in [6.07, 6.45) is 7.92. The Morgan fingerprint density at radius 3 is 2.88 bits per heavy atom. The van der Waals surface area contributed by atoms with Crippen LogP contribution in [0.2, 0.25) is 0 Å². The van der Waals surface area contributed by atoms with E-state index in [9.17, 15) is 0 Å². The summed E-state index contributed by atoms with van der Waals surface area (Å²) in [6, 6.07) is 0. The Balaban J connectivity index is 2.22. The molecule has 0 amide bonds. The molecule has 1 aromatic rings. The number of nitrogens with one attached hydrogen (secondary N) is 1. The van der Waals surface area contributed by atoms with Gasteiger partial charge in [0.05, 0.1) is 6.20 Å². The predicted molar refractivity (Wildman–Crippen MR) is 68.3 cm³/mol. The first kappa shape index (κ1) is 13.2. The molecular weight excluding hydrogens is 198 g/mol. The molecule has 0 aliphatic rings. The molecule has 0 saturated carbocycles. The smallest absolute Gasteiger partial charge is 0.0534 e. The van der Waals surface area contributed by atoms with Gasteiger partial charge in [-0.05, 0) is 18.9 Å². The van der Waals surface area contributed by atoms with Gasteiger partial charge >= 0.3 is 0 Å². The van der Waals surface area contributed by atoms with Gasteiger partial charge in [0.25, 0.3) is 0 Å². The van der Waals surface area contributed by atoms with E-state index in [1.807, 2.05) is 6.20 Å². The first-order chi connectivity index (χ1) is 7.72. The molecule has 1 heterocycles. The molecule has 3 heteroatoms. The van der Waals surface area contributed by atoms with Crippen molar-refractivity contribution in [3.63, 3.8) is 0 Å². The van der Waals surface area contributed by atoms with Crippen molar-refractivity contribution in [1.29, 1.82) is 0 Å². The summed E-state index contributed by atoms with van der Waals surface area (Å²) in [4.78, 5) is 0. The Bertz CT molecular complexity index is 278. The third-order valence-electron chi connectivity index (χ3n) is 2.56. The average molecular weight is 223 g/mol. The van der Waals surface area contributed by atoms with E-state index in [1.54, 1.807) is 0 Å². The molecule has 1 rings (SSSR count). The minimum absolute atomic E-state index is 0.708. The zero-order valence-corrected chi connectivity index (χ0v) is 10.9. The van der Waals surface area contributed by atoms with Crippen molar-refractivity contribution in [2.45, 2.75) is 53.1 Å². The SMILES string of the molecule is CCCCCn1cc(CNCC(C)C)cn1. The molecule has 0 saturated heterocycles. The van der Waals surface area contributed by atoms with Gasteiger partial charge in [-0.1, -0.05) is 33.6 Å². The lowest BCUT2D eigenvalue weighted by molar-refractivity contribution is 0.546. The van der Waals surface area contributed by atoms with Crippen LogP contribution in [-0.4, -0.2) is 16.3 Å². The van der Waals surface area contributed by atoms with Gasteiger partial charge in [-0.3, -0.25) is 4.68 Å². The van der Waals surface area contributed by atoms with Gasteiger partial charge in [-0.15, -0.1) is 0 Å². The maximum atomic E-state index is 4.36. The fraction of sp³-hybridized carbons (Fsp3) is 0.769. The van der Waals surface area contributed by atoms with E-state index >= 15 is 0 Å². The molecule has 0 aliphatic heterocycles. The number of unbranched alkanes of at least 4 members (excludes halogenated alkanes) is 2.